The topological polar surface area (TPSA) is 67.6 Å². The van der Waals surface area contributed by atoms with E-state index < -0.39 is 5.69 Å². The predicted molar refractivity (Wildman–Crippen MR) is 126 cm³/mol. The van der Waals surface area contributed by atoms with Gasteiger partial charge < -0.3 is 4.90 Å². The van der Waals surface area contributed by atoms with E-state index in [1.54, 1.807) is 24.3 Å². The SMILES string of the molecule is CC[C@H](C)n1c(=O)c2ccccc2n(CC(=O)N2CCN(Cc3ccccc3)CC2)c1=O. The van der Waals surface area contributed by atoms with E-state index in [1.807, 2.05) is 36.9 Å². The third-order valence-corrected chi connectivity index (χ3v) is 6.38. The monoisotopic (exact) mass is 434 g/mol. The van der Waals surface area contributed by atoms with Crippen molar-refractivity contribution in [3.63, 3.8) is 0 Å². The van der Waals surface area contributed by atoms with Gasteiger partial charge in [0.1, 0.15) is 6.54 Å². The van der Waals surface area contributed by atoms with Gasteiger partial charge in [0, 0.05) is 38.8 Å². The van der Waals surface area contributed by atoms with Gasteiger partial charge in [-0.3, -0.25) is 23.6 Å². The molecule has 4 rings (SSSR count). The number of nitrogens with zero attached hydrogens (tertiary/aromatic N) is 4. The summed E-state index contributed by atoms with van der Waals surface area (Å²) in [4.78, 5) is 43.4. The van der Waals surface area contributed by atoms with E-state index in [1.165, 1.54) is 14.7 Å². The summed E-state index contributed by atoms with van der Waals surface area (Å²) in [6.07, 6.45) is 0.658. The van der Waals surface area contributed by atoms with Gasteiger partial charge >= 0.3 is 5.69 Å². The number of carbonyl (C=O) groups is 1. The Morgan fingerprint density at radius 3 is 2.28 bits per heavy atom. The molecule has 1 aliphatic heterocycles. The minimum Gasteiger partial charge on any atom is -0.339 e. The molecule has 1 amide bonds. The standard InChI is InChI=1S/C25H30N4O3/c1-3-19(2)29-24(31)21-11-7-8-12-22(21)28(25(29)32)18-23(30)27-15-13-26(14-16-27)17-20-9-5-4-6-10-20/h4-12,19H,3,13-18H2,1-2H3/t19-/m0/s1. The predicted octanol–water partition coefficient (Wildman–Crippen LogP) is 2.48. The molecule has 7 nitrogen and oxygen atoms in total. The number of fused-ring (bicyclic) bond motifs is 1. The van der Waals surface area contributed by atoms with Crippen LogP contribution in [0.5, 0.6) is 0 Å². The van der Waals surface area contributed by atoms with Crippen LogP contribution in [0.25, 0.3) is 10.9 Å². The third-order valence-electron chi connectivity index (χ3n) is 6.38. The first-order valence-electron chi connectivity index (χ1n) is 11.3. The zero-order chi connectivity index (χ0) is 22.7. The lowest BCUT2D eigenvalue weighted by Crippen LogP contribution is -2.50. The van der Waals surface area contributed by atoms with Crippen molar-refractivity contribution in [2.45, 2.75) is 39.4 Å². The first-order valence-corrected chi connectivity index (χ1v) is 11.3. The number of hydrogen-bond acceptors (Lipinski definition) is 4. The van der Waals surface area contributed by atoms with Crippen molar-refractivity contribution in [3.8, 4) is 0 Å². The number of para-hydroxylation sites is 1. The number of carbonyl (C=O) groups excluding carboxylic acids is 1. The Morgan fingerprint density at radius 2 is 1.59 bits per heavy atom. The van der Waals surface area contributed by atoms with E-state index in [0.29, 0.717) is 30.4 Å². The maximum absolute atomic E-state index is 13.2. The number of hydrogen-bond donors (Lipinski definition) is 0. The van der Waals surface area contributed by atoms with Gasteiger partial charge in [-0.05, 0) is 31.0 Å². The molecule has 1 atom stereocenters. The molecule has 2 aromatic carbocycles. The highest BCUT2D eigenvalue weighted by Gasteiger charge is 2.24. The summed E-state index contributed by atoms with van der Waals surface area (Å²) >= 11 is 0. The average Bonchev–Trinajstić information content (AvgIpc) is 2.82. The van der Waals surface area contributed by atoms with Crippen LogP contribution in [0.15, 0.2) is 64.2 Å². The third kappa shape index (κ3) is 4.39. The fourth-order valence-electron chi connectivity index (χ4n) is 4.30. The summed E-state index contributed by atoms with van der Waals surface area (Å²) in [5.41, 5.74) is 1.06. The summed E-state index contributed by atoms with van der Waals surface area (Å²) < 4.78 is 2.75. The van der Waals surface area contributed by atoms with Crippen LogP contribution in [0.3, 0.4) is 0 Å². The van der Waals surface area contributed by atoms with Crippen LogP contribution in [0.1, 0.15) is 31.9 Å². The maximum atomic E-state index is 13.2. The first-order chi connectivity index (χ1) is 15.5. The number of piperazine rings is 1. The largest absolute Gasteiger partial charge is 0.339 e. The van der Waals surface area contributed by atoms with Crippen LogP contribution in [0.2, 0.25) is 0 Å². The van der Waals surface area contributed by atoms with Gasteiger partial charge in [0.05, 0.1) is 10.9 Å². The average molecular weight is 435 g/mol. The lowest BCUT2D eigenvalue weighted by Gasteiger charge is -2.35. The molecule has 0 saturated carbocycles. The van der Waals surface area contributed by atoms with Gasteiger partial charge in [0.15, 0.2) is 0 Å². The zero-order valence-electron chi connectivity index (χ0n) is 18.7. The second kappa shape index (κ2) is 9.53. The molecule has 0 radical (unpaired) electrons. The summed E-state index contributed by atoms with van der Waals surface area (Å²) in [6.45, 7) is 7.45. The van der Waals surface area contributed by atoms with Crippen LogP contribution in [-0.4, -0.2) is 51.0 Å². The lowest BCUT2D eigenvalue weighted by molar-refractivity contribution is -0.133. The van der Waals surface area contributed by atoms with E-state index in [2.05, 4.69) is 17.0 Å². The molecule has 32 heavy (non-hydrogen) atoms. The molecule has 7 heteroatoms. The van der Waals surface area contributed by atoms with Gasteiger partial charge in [0.25, 0.3) is 5.56 Å². The van der Waals surface area contributed by atoms with E-state index >= 15 is 0 Å². The second-order valence-corrected chi connectivity index (χ2v) is 8.46. The van der Waals surface area contributed by atoms with Crippen molar-refractivity contribution >= 4 is 16.8 Å². The van der Waals surface area contributed by atoms with Crippen molar-refractivity contribution in [2.75, 3.05) is 26.2 Å². The van der Waals surface area contributed by atoms with Crippen molar-refractivity contribution in [3.05, 3.63) is 81.0 Å². The summed E-state index contributed by atoms with van der Waals surface area (Å²) in [5, 5.41) is 0.466. The van der Waals surface area contributed by atoms with Crippen molar-refractivity contribution < 1.29 is 4.79 Å². The van der Waals surface area contributed by atoms with Crippen molar-refractivity contribution in [1.82, 2.24) is 18.9 Å². The van der Waals surface area contributed by atoms with Crippen molar-refractivity contribution in [1.29, 1.82) is 0 Å². The zero-order valence-corrected chi connectivity index (χ0v) is 18.7. The Bertz CT molecular complexity index is 1210. The van der Waals surface area contributed by atoms with Gasteiger partial charge in [-0.1, -0.05) is 49.4 Å². The van der Waals surface area contributed by atoms with Gasteiger partial charge in [-0.15, -0.1) is 0 Å². The molecule has 2 heterocycles. The first kappa shape index (κ1) is 22.0. The molecule has 3 aromatic rings. The molecule has 0 bridgehead atoms. The van der Waals surface area contributed by atoms with Crippen LogP contribution < -0.4 is 11.2 Å². The maximum Gasteiger partial charge on any atom is 0.332 e. The summed E-state index contributed by atoms with van der Waals surface area (Å²) in [5.74, 6) is -0.0917. The highest BCUT2D eigenvalue weighted by atomic mass is 16.2. The quantitative estimate of drug-likeness (QED) is 0.598. The van der Waals surface area contributed by atoms with Gasteiger partial charge in [-0.2, -0.15) is 0 Å². The Kier molecular flexibility index (Phi) is 6.55. The Balaban J connectivity index is 1.53. The molecule has 168 valence electrons. The highest BCUT2D eigenvalue weighted by Crippen LogP contribution is 2.13. The number of aromatic nitrogens is 2. The molecule has 0 spiro atoms. The van der Waals surface area contributed by atoms with Gasteiger partial charge in [-0.25, -0.2) is 4.79 Å². The lowest BCUT2D eigenvalue weighted by atomic mass is 10.2. The normalized spacial score (nSPS) is 15.8. The molecule has 0 unspecified atom stereocenters. The minimum atomic E-state index is -0.417. The van der Waals surface area contributed by atoms with Crippen molar-refractivity contribution in [2.24, 2.45) is 0 Å². The van der Waals surface area contributed by atoms with Gasteiger partial charge in [0.2, 0.25) is 5.91 Å². The van der Waals surface area contributed by atoms with Crippen LogP contribution in [0, 0.1) is 0 Å². The fraction of sp³-hybridized carbons (Fsp3) is 0.400. The number of rotatable bonds is 6. The van der Waals surface area contributed by atoms with E-state index in [9.17, 15) is 14.4 Å². The Morgan fingerprint density at radius 1 is 0.938 bits per heavy atom. The Hall–Kier alpha value is -3.19. The van der Waals surface area contributed by atoms with E-state index in [4.69, 9.17) is 0 Å². The molecule has 0 N–H and O–H groups in total. The molecule has 0 aliphatic carbocycles. The molecule has 1 aromatic heterocycles. The van der Waals surface area contributed by atoms with Crippen LogP contribution >= 0.6 is 0 Å². The second-order valence-electron chi connectivity index (χ2n) is 8.46. The van der Waals surface area contributed by atoms with E-state index in [0.717, 1.165) is 19.6 Å². The van der Waals surface area contributed by atoms with E-state index in [-0.39, 0.29) is 24.1 Å². The number of amides is 1. The summed E-state index contributed by atoms with van der Waals surface area (Å²) in [6, 6.07) is 17.1. The molecular formula is C25H30N4O3. The van der Waals surface area contributed by atoms with Crippen LogP contribution in [-0.2, 0) is 17.9 Å². The summed E-state index contributed by atoms with van der Waals surface area (Å²) in [7, 11) is 0. The van der Waals surface area contributed by atoms with Crippen LogP contribution in [0.4, 0.5) is 0 Å². The minimum absolute atomic E-state index is 0.0608. The molecule has 1 fully saturated rings. The highest BCUT2D eigenvalue weighted by molar-refractivity contribution is 5.81. The number of benzene rings is 2. The molecule has 1 aliphatic rings. The molecular weight excluding hydrogens is 404 g/mol. The molecule has 1 saturated heterocycles. The smallest absolute Gasteiger partial charge is 0.332 e. The Labute approximate surface area is 187 Å². The fourth-order valence-corrected chi connectivity index (χ4v) is 4.30.